The SMILES string of the molecule is Ic1cnc(NCc2ccccc2)nc1NCc1ccccc1. The van der Waals surface area contributed by atoms with Gasteiger partial charge in [0.15, 0.2) is 0 Å². The molecule has 0 saturated heterocycles. The van der Waals surface area contributed by atoms with Crippen molar-refractivity contribution in [2.45, 2.75) is 13.1 Å². The summed E-state index contributed by atoms with van der Waals surface area (Å²) in [6, 6.07) is 20.5. The molecule has 0 radical (unpaired) electrons. The van der Waals surface area contributed by atoms with E-state index >= 15 is 0 Å². The lowest BCUT2D eigenvalue weighted by Gasteiger charge is -2.10. The highest BCUT2D eigenvalue weighted by molar-refractivity contribution is 14.1. The molecule has 0 aliphatic heterocycles. The minimum atomic E-state index is 0.629. The van der Waals surface area contributed by atoms with Gasteiger partial charge in [-0.25, -0.2) is 4.98 Å². The molecule has 1 aromatic heterocycles. The lowest BCUT2D eigenvalue weighted by atomic mass is 10.2. The second-order valence-electron chi connectivity index (χ2n) is 5.07. The zero-order valence-electron chi connectivity index (χ0n) is 12.5. The Hall–Kier alpha value is -2.15. The fraction of sp³-hybridized carbons (Fsp3) is 0.111. The molecule has 3 rings (SSSR count). The summed E-state index contributed by atoms with van der Waals surface area (Å²) in [4.78, 5) is 8.90. The number of benzene rings is 2. The van der Waals surface area contributed by atoms with Crippen molar-refractivity contribution in [2.24, 2.45) is 0 Å². The largest absolute Gasteiger partial charge is 0.365 e. The summed E-state index contributed by atoms with van der Waals surface area (Å²) < 4.78 is 1.00. The molecule has 2 aromatic carbocycles. The van der Waals surface area contributed by atoms with Crippen LogP contribution < -0.4 is 10.6 Å². The summed E-state index contributed by atoms with van der Waals surface area (Å²) in [6.07, 6.45) is 1.83. The van der Waals surface area contributed by atoms with Crippen LogP contribution in [0.15, 0.2) is 66.9 Å². The standard InChI is InChI=1S/C18H17IN4/c19-16-13-22-18(21-12-15-9-5-2-6-10-15)23-17(16)20-11-14-7-3-1-4-8-14/h1-10,13H,11-12H2,(H2,20,21,22,23). The van der Waals surface area contributed by atoms with Crippen LogP contribution in [0.5, 0.6) is 0 Å². The quantitative estimate of drug-likeness (QED) is 0.589. The van der Waals surface area contributed by atoms with Gasteiger partial charge >= 0.3 is 0 Å². The van der Waals surface area contributed by atoms with Gasteiger partial charge in [-0.05, 0) is 33.7 Å². The van der Waals surface area contributed by atoms with Crippen LogP contribution in [0.1, 0.15) is 11.1 Å². The molecule has 5 heteroatoms. The van der Waals surface area contributed by atoms with Gasteiger partial charge in [-0.2, -0.15) is 4.98 Å². The summed E-state index contributed by atoms with van der Waals surface area (Å²) >= 11 is 2.24. The molecule has 23 heavy (non-hydrogen) atoms. The molecule has 116 valence electrons. The topological polar surface area (TPSA) is 49.8 Å². The third-order valence-electron chi connectivity index (χ3n) is 3.34. The first-order chi connectivity index (χ1) is 11.3. The van der Waals surface area contributed by atoms with Crippen LogP contribution in [0.3, 0.4) is 0 Å². The van der Waals surface area contributed by atoms with Crippen molar-refractivity contribution in [2.75, 3.05) is 10.6 Å². The molecule has 0 aliphatic rings. The van der Waals surface area contributed by atoms with E-state index in [9.17, 15) is 0 Å². The molecule has 0 atom stereocenters. The van der Waals surface area contributed by atoms with E-state index in [-0.39, 0.29) is 0 Å². The van der Waals surface area contributed by atoms with Gasteiger partial charge in [0.1, 0.15) is 5.82 Å². The van der Waals surface area contributed by atoms with Crippen LogP contribution in [0, 0.1) is 3.57 Å². The highest BCUT2D eigenvalue weighted by Crippen LogP contribution is 2.17. The predicted octanol–water partition coefficient (Wildman–Crippen LogP) is 4.31. The average Bonchev–Trinajstić information content (AvgIpc) is 2.62. The Morgan fingerprint density at radius 3 is 1.96 bits per heavy atom. The maximum Gasteiger partial charge on any atom is 0.224 e. The van der Waals surface area contributed by atoms with Crippen LogP contribution in [0.4, 0.5) is 11.8 Å². The first-order valence-corrected chi connectivity index (χ1v) is 8.47. The van der Waals surface area contributed by atoms with E-state index in [4.69, 9.17) is 0 Å². The van der Waals surface area contributed by atoms with Crippen molar-refractivity contribution < 1.29 is 0 Å². The number of nitrogens with one attached hydrogen (secondary N) is 2. The number of hydrogen-bond donors (Lipinski definition) is 2. The third-order valence-corrected chi connectivity index (χ3v) is 4.13. The summed E-state index contributed by atoms with van der Waals surface area (Å²) in [5.74, 6) is 1.48. The van der Waals surface area contributed by atoms with Crippen LogP contribution in [0.25, 0.3) is 0 Å². The van der Waals surface area contributed by atoms with Crippen molar-refractivity contribution >= 4 is 34.4 Å². The normalized spacial score (nSPS) is 10.3. The smallest absolute Gasteiger partial charge is 0.224 e. The number of halogens is 1. The Morgan fingerprint density at radius 1 is 0.783 bits per heavy atom. The third kappa shape index (κ3) is 4.66. The van der Waals surface area contributed by atoms with Gasteiger partial charge in [-0.1, -0.05) is 60.7 Å². The van der Waals surface area contributed by atoms with Gasteiger partial charge in [0.25, 0.3) is 0 Å². The van der Waals surface area contributed by atoms with Crippen molar-refractivity contribution in [1.82, 2.24) is 9.97 Å². The van der Waals surface area contributed by atoms with E-state index < -0.39 is 0 Å². The zero-order valence-corrected chi connectivity index (χ0v) is 14.7. The maximum absolute atomic E-state index is 4.56. The predicted molar refractivity (Wildman–Crippen MR) is 102 cm³/mol. The van der Waals surface area contributed by atoms with Crippen molar-refractivity contribution in [3.05, 3.63) is 81.6 Å². The van der Waals surface area contributed by atoms with Crippen LogP contribution in [-0.2, 0) is 13.1 Å². The van der Waals surface area contributed by atoms with Gasteiger partial charge < -0.3 is 10.6 Å². The van der Waals surface area contributed by atoms with E-state index in [0.717, 1.165) is 15.9 Å². The summed E-state index contributed by atoms with van der Waals surface area (Å²) in [5.41, 5.74) is 2.43. The monoisotopic (exact) mass is 416 g/mol. The number of nitrogens with zero attached hydrogens (tertiary/aromatic N) is 2. The van der Waals surface area contributed by atoms with Gasteiger partial charge in [0.05, 0.1) is 3.57 Å². The second kappa shape index (κ2) is 7.92. The molecular formula is C18H17IN4. The Kier molecular flexibility index (Phi) is 5.42. The molecular weight excluding hydrogens is 399 g/mol. The highest BCUT2D eigenvalue weighted by atomic mass is 127. The van der Waals surface area contributed by atoms with Crippen LogP contribution in [0.2, 0.25) is 0 Å². The molecule has 4 nitrogen and oxygen atoms in total. The van der Waals surface area contributed by atoms with Gasteiger partial charge in [-0.3, -0.25) is 0 Å². The van der Waals surface area contributed by atoms with Gasteiger partial charge in [0.2, 0.25) is 5.95 Å². The van der Waals surface area contributed by atoms with E-state index in [1.54, 1.807) is 0 Å². The van der Waals surface area contributed by atoms with Crippen molar-refractivity contribution in [1.29, 1.82) is 0 Å². The minimum Gasteiger partial charge on any atom is -0.365 e. The van der Waals surface area contributed by atoms with E-state index in [2.05, 4.69) is 67.5 Å². The minimum absolute atomic E-state index is 0.629. The summed E-state index contributed by atoms with van der Waals surface area (Å²) in [7, 11) is 0. The van der Waals surface area contributed by atoms with Gasteiger partial charge in [-0.15, -0.1) is 0 Å². The number of anilines is 2. The molecule has 1 heterocycles. The van der Waals surface area contributed by atoms with Gasteiger partial charge in [0, 0.05) is 19.3 Å². The Bertz CT molecular complexity index is 747. The molecule has 2 N–H and O–H groups in total. The lowest BCUT2D eigenvalue weighted by molar-refractivity contribution is 1.03. The molecule has 0 aliphatic carbocycles. The molecule has 0 bridgehead atoms. The zero-order chi connectivity index (χ0) is 15.9. The summed E-state index contributed by atoms with van der Waals surface area (Å²) in [5, 5.41) is 6.63. The fourth-order valence-corrected chi connectivity index (χ4v) is 2.59. The van der Waals surface area contributed by atoms with E-state index in [1.807, 2.05) is 42.6 Å². The Balaban J connectivity index is 1.64. The number of hydrogen-bond acceptors (Lipinski definition) is 4. The summed E-state index contributed by atoms with van der Waals surface area (Å²) in [6.45, 7) is 1.45. The number of rotatable bonds is 6. The Morgan fingerprint density at radius 2 is 1.35 bits per heavy atom. The van der Waals surface area contributed by atoms with Crippen molar-refractivity contribution in [3.8, 4) is 0 Å². The first kappa shape index (κ1) is 15.7. The first-order valence-electron chi connectivity index (χ1n) is 7.39. The molecule has 0 amide bonds. The molecule has 0 fully saturated rings. The maximum atomic E-state index is 4.56. The molecule has 0 saturated carbocycles. The lowest BCUT2D eigenvalue weighted by Crippen LogP contribution is -2.08. The molecule has 3 aromatic rings. The highest BCUT2D eigenvalue weighted by Gasteiger charge is 2.05. The van der Waals surface area contributed by atoms with Crippen LogP contribution >= 0.6 is 22.6 Å². The van der Waals surface area contributed by atoms with E-state index in [0.29, 0.717) is 12.5 Å². The molecule has 0 unspecified atom stereocenters. The molecule has 0 spiro atoms. The van der Waals surface area contributed by atoms with E-state index in [1.165, 1.54) is 11.1 Å². The van der Waals surface area contributed by atoms with Crippen LogP contribution in [-0.4, -0.2) is 9.97 Å². The second-order valence-corrected chi connectivity index (χ2v) is 6.23. The Labute approximate surface area is 149 Å². The fourth-order valence-electron chi connectivity index (χ4n) is 2.13. The average molecular weight is 416 g/mol. The number of aromatic nitrogens is 2. The van der Waals surface area contributed by atoms with Crippen molar-refractivity contribution in [3.63, 3.8) is 0 Å².